The van der Waals surface area contributed by atoms with Gasteiger partial charge in [0.2, 0.25) is 0 Å². The molecule has 1 aromatic heterocycles. The first kappa shape index (κ1) is 19.2. The molecule has 0 spiro atoms. The van der Waals surface area contributed by atoms with Crippen LogP contribution in [0.2, 0.25) is 0 Å². The number of carbonyl (C=O) groups is 2. The quantitative estimate of drug-likeness (QED) is 0.567. The van der Waals surface area contributed by atoms with Gasteiger partial charge in [-0.05, 0) is 23.3 Å². The van der Waals surface area contributed by atoms with Gasteiger partial charge in [-0.3, -0.25) is 9.59 Å². The zero-order valence-corrected chi connectivity index (χ0v) is 15.8. The molecule has 1 heterocycles. The SMILES string of the molecule is CC.COc1cc(-c2ccccc2)cc2[nH]cc(C(=O)C(=O)N(C)C)c12. The molecule has 0 aliphatic heterocycles. The van der Waals surface area contributed by atoms with Gasteiger partial charge in [0.25, 0.3) is 11.7 Å². The van der Waals surface area contributed by atoms with Crippen LogP contribution in [-0.2, 0) is 4.79 Å². The summed E-state index contributed by atoms with van der Waals surface area (Å²) in [5.41, 5.74) is 3.09. The fourth-order valence-corrected chi connectivity index (χ4v) is 2.68. The largest absolute Gasteiger partial charge is 0.496 e. The van der Waals surface area contributed by atoms with Crippen LogP contribution in [0.1, 0.15) is 24.2 Å². The molecule has 26 heavy (non-hydrogen) atoms. The van der Waals surface area contributed by atoms with Crippen LogP contribution in [0.3, 0.4) is 0 Å². The Morgan fingerprint density at radius 3 is 2.23 bits per heavy atom. The van der Waals surface area contributed by atoms with Crippen molar-refractivity contribution in [2.24, 2.45) is 0 Å². The zero-order valence-electron chi connectivity index (χ0n) is 15.8. The van der Waals surface area contributed by atoms with Gasteiger partial charge in [-0.15, -0.1) is 0 Å². The number of aromatic amines is 1. The molecule has 0 saturated carbocycles. The van der Waals surface area contributed by atoms with E-state index in [0.29, 0.717) is 16.7 Å². The molecule has 0 atom stereocenters. The number of fused-ring (bicyclic) bond motifs is 1. The summed E-state index contributed by atoms with van der Waals surface area (Å²) >= 11 is 0. The fourth-order valence-electron chi connectivity index (χ4n) is 2.68. The van der Waals surface area contributed by atoms with Gasteiger partial charge in [0, 0.05) is 20.3 Å². The van der Waals surface area contributed by atoms with Crippen molar-refractivity contribution in [1.82, 2.24) is 9.88 Å². The minimum absolute atomic E-state index is 0.320. The monoisotopic (exact) mass is 352 g/mol. The van der Waals surface area contributed by atoms with Crippen molar-refractivity contribution in [3.8, 4) is 16.9 Å². The summed E-state index contributed by atoms with van der Waals surface area (Å²) in [4.78, 5) is 28.8. The molecule has 1 N–H and O–H groups in total. The predicted octanol–water partition coefficient (Wildman–Crippen LogP) is 4.14. The molecule has 5 nitrogen and oxygen atoms in total. The van der Waals surface area contributed by atoms with Crippen LogP contribution in [0.15, 0.2) is 48.7 Å². The number of methoxy groups -OCH3 is 1. The molecular formula is C21H24N2O3. The molecule has 0 aliphatic rings. The lowest BCUT2D eigenvalue weighted by Crippen LogP contribution is -2.29. The number of H-pyrrole nitrogens is 1. The molecule has 3 rings (SSSR count). The van der Waals surface area contributed by atoms with E-state index in [1.807, 2.05) is 56.3 Å². The summed E-state index contributed by atoms with van der Waals surface area (Å²) in [7, 11) is 4.66. The van der Waals surface area contributed by atoms with Gasteiger partial charge in [0.05, 0.1) is 23.6 Å². The third-order valence-electron chi connectivity index (χ3n) is 3.92. The maximum absolute atomic E-state index is 12.4. The standard InChI is InChI=1S/C19H18N2O3.C2H6/c1-21(2)19(23)18(22)14-11-20-15-9-13(10-16(24-3)17(14)15)12-7-5-4-6-8-12;1-2/h4-11,20H,1-3H3;1-2H3. The molecule has 0 unspecified atom stereocenters. The van der Waals surface area contributed by atoms with E-state index >= 15 is 0 Å². The zero-order chi connectivity index (χ0) is 19.3. The number of carbonyl (C=O) groups excluding carboxylic acids is 2. The van der Waals surface area contributed by atoms with Crippen molar-refractivity contribution in [3.05, 3.63) is 54.2 Å². The van der Waals surface area contributed by atoms with E-state index in [1.165, 1.54) is 4.90 Å². The molecule has 2 aromatic carbocycles. The van der Waals surface area contributed by atoms with Crippen LogP contribution < -0.4 is 4.74 Å². The highest BCUT2D eigenvalue weighted by Gasteiger charge is 2.23. The number of ether oxygens (including phenoxy) is 1. The molecule has 3 aromatic rings. The van der Waals surface area contributed by atoms with Crippen LogP contribution in [-0.4, -0.2) is 42.8 Å². The van der Waals surface area contributed by atoms with Gasteiger partial charge >= 0.3 is 0 Å². The maximum atomic E-state index is 12.4. The van der Waals surface area contributed by atoms with E-state index in [4.69, 9.17) is 4.74 Å². The van der Waals surface area contributed by atoms with E-state index in [2.05, 4.69) is 4.98 Å². The maximum Gasteiger partial charge on any atom is 0.294 e. The van der Waals surface area contributed by atoms with E-state index in [0.717, 1.165) is 16.6 Å². The lowest BCUT2D eigenvalue weighted by molar-refractivity contribution is -0.124. The molecule has 0 saturated heterocycles. The van der Waals surface area contributed by atoms with Gasteiger partial charge < -0.3 is 14.6 Å². The minimum atomic E-state index is -0.565. The Labute approximate surface area is 153 Å². The second-order valence-corrected chi connectivity index (χ2v) is 5.70. The fraction of sp³-hybridized carbons (Fsp3) is 0.238. The van der Waals surface area contributed by atoms with E-state index in [1.54, 1.807) is 27.4 Å². The summed E-state index contributed by atoms with van der Waals surface area (Å²) in [5, 5.41) is 0.623. The van der Waals surface area contributed by atoms with Crippen molar-refractivity contribution in [3.63, 3.8) is 0 Å². The van der Waals surface area contributed by atoms with Crippen LogP contribution >= 0.6 is 0 Å². The van der Waals surface area contributed by atoms with Crippen molar-refractivity contribution in [1.29, 1.82) is 0 Å². The number of likely N-dealkylation sites (N-methyl/N-ethyl adjacent to an activating group) is 1. The number of amides is 1. The summed E-state index contributed by atoms with van der Waals surface area (Å²) in [6.45, 7) is 4.00. The Morgan fingerprint density at radius 2 is 1.65 bits per heavy atom. The second-order valence-electron chi connectivity index (χ2n) is 5.70. The van der Waals surface area contributed by atoms with Crippen LogP contribution in [0.25, 0.3) is 22.0 Å². The Morgan fingerprint density at radius 1 is 1.00 bits per heavy atom. The predicted molar refractivity (Wildman–Crippen MR) is 105 cm³/mol. The van der Waals surface area contributed by atoms with Gasteiger partial charge in [-0.1, -0.05) is 44.2 Å². The normalized spacial score (nSPS) is 10.0. The van der Waals surface area contributed by atoms with Gasteiger partial charge in [-0.25, -0.2) is 0 Å². The third-order valence-corrected chi connectivity index (χ3v) is 3.92. The van der Waals surface area contributed by atoms with E-state index in [-0.39, 0.29) is 0 Å². The highest BCUT2D eigenvalue weighted by molar-refractivity contribution is 6.45. The summed E-state index contributed by atoms with van der Waals surface area (Å²) in [6, 6.07) is 13.7. The molecule has 0 fully saturated rings. The number of ketones is 1. The number of nitrogens with one attached hydrogen (secondary N) is 1. The van der Waals surface area contributed by atoms with Gasteiger partial charge in [-0.2, -0.15) is 0 Å². The number of benzene rings is 2. The van der Waals surface area contributed by atoms with Crippen molar-refractivity contribution in [2.45, 2.75) is 13.8 Å². The molecule has 136 valence electrons. The van der Waals surface area contributed by atoms with E-state index in [9.17, 15) is 9.59 Å². The molecular weight excluding hydrogens is 328 g/mol. The van der Waals surface area contributed by atoms with Crippen LogP contribution in [0, 0.1) is 0 Å². The first-order valence-corrected chi connectivity index (χ1v) is 8.53. The van der Waals surface area contributed by atoms with E-state index < -0.39 is 11.7 Å². The highest BCUT2D eigenvalue weighted by Crippen LogP contribution is 2.34. The summed E-state index contributed by atoms with van der Waals surface area (Å²) in [5.74, 6) is -0.565. The van der Waals surface area contributed by atoms with Crippen molar-refractivity contribution in [2.75, 3.05) is 21.2 Å². The first-order valence-electron chi connectivity index (χ1n) is 8.53. The lowest BCUT2D eigenvalue weighted by atomic mass is 10.0. The Balaban J connectivity index is 0.00000117. The Bertz CT molecular complexity index is 912. The Hall–Kier alpha value is -3.08. The second kappa shape index (κ2) is 8.34. The molecule has 0 aliphatic carbocycles. The summed E-state index contributed by atoms with van der Waals surface area (Å²) in [6.07, 6.45) is 1.56. The summed E-state index contributed by atoms with van der Waals surface area (Å²) < 4.78 is 5.48. The smallest absolute Gasteiger partial charge is 0.294 e. The minimum Gasteiger partial charge on any atom is -0.496 e. The molecule has 0 radical (unpaired) electrons. The third kappa shape index (κ3) is 3.61. The number of aromatic nitrogens is 1. The van der Waals surface area contributed by atoms with Gasteiger partial charge in [0.1, 0.15) is 5.75 Å². The average Bonchev–Trinajstić information content (AvgIpc) is 3.12. The first-order chi connectivity index (χ1) is 12.5. The topological polar surface area (TPSA) is 62.4 Å². The Kier molecular flexibility index (Phi) is 6.17. The molecule has 0 bridgehead atoms. The number of hydrogen-bond acceptors (Lipinski definition) is 3. The lowest BCUT2D eigenvalue weighted by Gasteiger charge is -2.10. The van der Waals surface area contributed by atoms with Crippen molar-refractivity contribution < 1.29 is 14.3 Å². The van der Waals surface area contributed by atoms with Crippen LogP contribution in [0.5, 0.6) is 5.75 Å². The van der Waals surface area contributed by atoms with Crippen molar-refractivity contribution >= 4 is 22.6 Å². The number of nitrogens with zero attached hydrogens (tertiary/aromatic N) is 1. The number of hydrogen-bond donors (Lipinski definition) is 1. The average molecular weight is 352 g/mol. The number of Topliss-reactive ketones (excluding diaryl/α,β-unsaturated/α-hetero) is 1. The number of rotatable bonds is 4. The van der Waals surface area contributed by atoms with Gasteiger partial charge in [0.15, 0.2) is 0 Å². The highest BCUT2D eigenvalue weighted by atomic mass is 16.5. The van der Waals surface area contributed by atoms with Crippen LogP contribution in [0.4, 0.5) is 0 Å². The molecule has 5 heteroatoms. The molecule has 1 amide bonds.